The Labute approximate surface area is 93.9 Å². The van der Waals surface area contributed by atoms with Gasteiger partial charge in [-0.05, 0) is 0 Å². The van der Waals surface area contributed by atoms with Crippen LogP contribution in [0.1, 0.15) is 0 Å². The van der Waals surface area contributed by atoms with Crippen LogP contribution in [0.25, 0.3) is 0 Å². The number of ether oxygens (including phenoxy) is 3. The highest BCUT2D eigenvalue weighted by Gasteiger charge is 2.13. The lowest BCUT2D eigenvalue weighted by Gasteiger charge is -2.23. The molecule has 1 N–H and O–H groups in total. The summed E-state index contributed by atoms with van der Waals surface area (Å²) >= 11 is 0. The summed E-state index contributed by atoms with van der Waals surface area (Å²) in [4.78, 5) is 8.00. The monoisotopic (exact) mass is 225 g/mol. The van der Waals surface area contributed by atoms with Crippen LogP contribution in [0, 0.1) is 0 Å². The van der Waals surface area contributed by atoms with Crippen LogP contribution in [0.15, 0.2) is 12.4 Å². The average Bonchev–Trinajstić information content (AvgIpc) is 2.38. The zero-order valence-corrected chi connectivity index (χ0v) is 9.18. The first-order chi connectivity index (χ1) is 7.88. The summed E-state index contributed by atoms with van der Waals surface area (Å²) in [6.45, 7) is 2.62. The lowest BCUT2D eigenvalue weighted by molar-refractivity contribution is -0.0819. The molecule has 1 aromatic heterocycles. The number of nitrogens with one attached hydrogen (secondary N) is 1. The van der Waals surface area contributed by atoms with Gasteiger partial charge < -0.3 is 19.5 Å². The molecule has 1 aliphatic rings. The second kappa shape index (κ2) is 5.62. The Morgan fingerprint density at radius 3 is 3.19 bits per heavy atom. The molecule has 0 bridgehead atoms. The Bertz CT molecular complexity index is 329. The first kappa shape index (κ1) is 11.1. The molecule has 1 aromatic rings. The van der Waals surface area contributed by atoms with E-state index in [1.54, 1.807) is 13.2 Å². The van der Waals surface area contributed by atoms with Crippen molar-refractivity contribution in [3.8, 4) is 5.88 Å². The summed E-state index contributed by atoms with van der Waals surface area (Å²) in [5, 5.41) is 3.15. The number of nitrogens with zero attached hydrogens (tertiary/aromatic N) is 2. The molecule has 0 saturated carbocycles. The number of methoxy groups -OCH3 is 1. The topological polar surface area (TPSA) is 65.5 Å². The highest BCUT2D eigenvalue weighted by Crippen LogP contribution is 2.10. The van der Waals surface area contributed by atoms with E-state index in [0.717, 1.165) is 5.82 Å². The minimum absolute atomic E-state index is 0.0784. The van der Waals surface area contributed by atoms with Crippen LogP contribution in [-0.2, 0) is 9.47 Å². The lowest BCUT2D eigenvalue weighted by Crippen LogP contribution is -2.34. The molecule has 1 unspecified atom stereocenters. The average molecular weight is 225 g/mol. The summed E-state index contributed by atoms with van der Waals surface area (Å²) in [7, 11) is 1.57. The summed E-state index contributed by atoms with van der Waals surface area (Å²) < 4.78 is 15.8. The second-order valence-electron chi connectivity index (χ2n) is 3.39. The van der Waals surface area contributed by atoms with E-state index in [-0.39, 0.29) is 6.10 Å². The molecule has 0 spiro atoms. The van der Waals surface area contributed by atoms with Crippen LogP contribution in [0.5, 0.6) is 5.88 Å². The molecule has 6 heteroatoms. The SMILES string of the molecule is COc1cc(NCC2COCCO2)ncn1. The van der Waals surface area contributed by atoms with Crippen molar-refractivity contribution in [3.63, 3.8) is 0 Å². The molecular weight excluding hydrogens is 210 g/mol. The molecular formula is C10H15N3O3. The Hall–Kier alpha value is -1.40. The van der Waals surface area contributed by atoms with Gasteiger partial charge in [0.25, 0.3) is 0 Å². The first-order valence-electron chi connectivity index (χ1n) is 5.18. The third-order valence-electron chi connectivity index (χ3n) is 2.25. The number of hydrogen-bond acceptors (Lipinski definition) is 6. The standard InChI is InChI=1S/C10H15N3O3/c1-14-10-4-9(12-7-13-10)11-5-8-6-15-2-3-16-8/h4,7-8H,2-3,5-6H2,1H3,(H,11,12,13). The van der Waals surface area contributed by atoms with Crippen molar-refractivity contribution in [3.05, 3.63) is 12.4 Å². The Morgan fingerprint density at radius 2 is 2.44 bits per heavy atom. The molecule has 6 nitrogen and oxygen atoms in total. The van der Waals surface area contributed by atoms with Gasteiger partial charge in [0.2, 0.25) is 5.88 Å². The fraction of sp³-hybridized carbons (Fsp3) is 0.600. The maximum absolute atomic E-state index is 5.49. The van der Waals surface area contributed by atoms with Crippen molar-refractivity contribution in [2.75, 3.05) is 38.8 Å². The van der Waals surface area contributed by atoms with Crippen LogP contribution in [0.3, 0.4) is 0 Å². The first-order valence-corrected chi connectivity index (χ1v) is 5.18. The molecule has 0 aromatic carbocycles. The maximum atomic E-state index is 5.49. The summed E-state index contributed by atoms with van der Waals surface area (Å²) in [6, 6.07) is 1.74. The van der Waals surface area contributed by atoms with Gasteiger partial charge in [0.15, 0.2) is 0 Å². The van der Waals surface area contributed by atoms with Gasteiger partial charge in [-0.15, -0.1) is 0 Å². The molecule has 16 heavy (non-hydrogen) atoms. The number of aromatic nitrogens is 2. The third-order valence-corrected chi connectivity index (χ3v) is 2.25. The van der Waals surface area contributed by atoms with E-state index in [9.17, 15) is 0 Å². The number of hydrogen-bond donors (Lipinski definition) is 1. The zero-order valence-electron chi connectivity index (χ0n) is 9.18. The van der Waals surface area contributed by atoms with Crippen molar-refractivity contribution in [2.24, 2.45) is 0 Å². The van der Waals surface area contributed by atoms with Gasteiger partial charge in [-0.3, -0.25) is 0 Å². The van der Waals surface area contributed by atoms with Gasteiger partial charge in [0.05, 0.1) is 33.0 Å². The van der Waals surface area contributed by atoms with Crippen molar-refractivity contribution < 1.29 is 14.2 Å². The largest absolute Gasteiger partial charge is 0.481 e. The van der Waals surface area contributed by atoms with Crippen molar-refractivity contribution in [1.29, 1.82) is 0 Å². The normalized spacial score (nSPS) is 20.4. The minimum Gasteiger partial charge on any atom is -0.481 e. The molecule has 2 rings (SSSR count). The van der Waals surface area contributed by atoms with Crippen molar-refractivity contribution in [1.82, 2.24) is 9.97 Å². The molecule has 1 fully saturated rings. The van der Waals surface area contributed by atoms with Crippen molar-refractivity contribution in [2.45, 2.75) is 6.10 Å². The molecule has 1 atom stereocenters. The van der Waals surface area contributed by atoms with Gasteiger partial charge in [0, 0.05) is 12.6 Å². The molecule has 2 heterocycles. The van der Waals surface area contributed by atoms with Crippen LogP contribution in [0.4, 0.5) is 5.82 Å². The van der Waals surface area contributed by atoms with Gasteiger partial charge in [0.1, 0.15) is 12.1 Å². The van der Waals surface area contributed by atoms with Crippen LogP contribution in [-0.4, -0.2) is 49.5 Å². The predicted octanol–water partition coefficient (Wildman–Crippen LogP) is 0.312. The Morgan fingerprint density at radius 1 is 1.50 bits per heavy atom. The smallest absolute Gasteiger partial charge is 0.218 e. The highest BCUT2D eigenvalue weighted by atomic mass is 16.6. The van der Waals surface area contributed by atoms with E-state index in [4.69, 9.17) is 14.2 Å². The van der Waals surface area contributed by atoms with Crippen LogP contribution in [0.2, 0.25) is 0 Å². The van der Waals surface area contributed by atoms with Crippen molar-refractivity contribution >= 4 is 5.82 Å². The molecule has 0 amide bonds. The quantitative estimate of drug-likeness (QED) is 0.795. The predicted molar refractivity (Wildman–Crippen MR) is 57.6 cm³/mol. The van der Waals surface area contributed by atoms with E-state index < -0.39 is 0 Å². The summed E-state index contributed by atoms with van der Waals surface area (Å²) in [5.41, 5.74) is 0. The Balaban J connectivity index is 1.83. The molecule has 0 aliphatic carbocycles. The lowest BCUT2D eigenvalue weighted by atomic mass is 10.3. The molecule has 1 saturated heterocycles. The Kier molecular flexibility index (Phi) is 3.90. The van der Waals surface area contributed by atoms with Gasteiger partial charge in [-0.2, -0.15) is 0 Å². The fourth-order valence-corrected chi connectivity index (χ4v) is 1.42. The van der Waals surface area contributed by atoms with E-state index in [1.807, 2.05) is 0 Å². The summed E-state index contributed by atoms with van der Waals surface area (Å²) in [6.07, 6.45) is 1.54. The number of rotatable bonds is 4. The fourth-order valence-electron chi connectivity index (χ4n) is 1.42. The van der Waals surface area contributed by atoms with Crippen LogP contribution < -0.4 is 10.1 Å². The second-order valence-corrected chi connectivity index (χ2v) is 3.39. The summed E-state index contributed by atoms with van der Waals surface area (Å²) in [5.74, 6) is 1.26. The molecule has 88 valence electrons. The molecule has 0 radical (unpaired) electrons. The third kappa shape index (κ3) is 3.04. The molecule has 1 aliphatic heterocycles. The van der Waals surface area contributed by atoms with E-state index >= 15 is 0 Å². The van der Waals surface area contributed by atoms with Gasteiger partial charge in [-0.25, -0.2) is 9.97 Å². The van der Waals surface area contributed by atoms with Crippen LogP contribution >= 0.6 is 0 Å². The minimum atomic E-state index is 0.0784. The zero-order chi connectivity index (χ0) is 11.2. The van der Waals surface area contributed by atoms with E-state index in [0.29, 0.717) is 32.2 Å². The highest BCUT2D eigenvalue weighted by molar-refractivity contribution is 5.37. The van der Waals surface area contributed by atoms with Gasteiger partial charge in [-0.1, -0.05) is 0 Å². The van der Waals surface area contributed by atoms with Gasteiger partial charge >= 0.3 is 0 Å². The number of anilines is 1. The maximum Gasteiger partial charge on any atom is 0.218 e. The van der Waals surface area contributed by atoms with E-state index in [1.165, 1.54) is 6.33 Å². The van der Waals surface area contributed by atoms with E-state index in [2.05, 4.69) is 15.3 Å².